The monoisotopic (exact) mass is 965 g/mol. The van der Waals surface area contributed by atoms with Gasteiger partial charge in [0, 0.05) is 45.8 Å². The van der Waals surface area contributed by atoms with Crippen molar-refractivity contribution in [3.63, 3.8) is 0 Å². The Morgan fingerprint density at radius 2 is 1.04 bits per heavy atom. The van der Waals surface area contributed by atoms with Crippen LogP contribution in [0.2, 0.25) is 0 Å². The molecule has 0 aliphatic carbocycles. The van der Waals surface area contributed by atoms with E-state index in [1.54, 1.807) is 61.1 Å². The number of halogens is 1. The van der Waals surface area contributed by atoms with Gasteiger partial charge in [0.25, 0.3) is 0 Å². The molecule has 0 saturated heterocycles. The second-order valence-corrected chi connectivity index (χ2v) is 16.4. The SMILES string of the molecule is C[n+]1c[nH]cc1-c1c(C=O)c2ccccc2n1-c1ccc(O)cc1.Cn1cncc1-c1c(C=NO)c2ccccc2n1-c1ccc(O)cc1.O=Cc1c(Br)n(-c2ccc(O)cc2)c2ccccc12. The number of para-hydroxylation sites is 3. The summed E-state index contributed by atoms with van der Waals surface area (Å²) in [5.74, 6) is 0.631. The molecule has 0 unspecified atom stereocenters. The number of H-pyrrole nitrogens is 1. The Morgan fingerprint density at radius 1 is 0.603 bits per heavy atom. The second-order valence-electron chi connectivity index (χ2n) is 15.6. The van der Waals surface area contributed by atoms with Gasteiger partial charge >= 0.3 is 0 Å². The molecule has 11 rings (SSSR count). The predicted molar refractivity (Wildman–Crippen MR) is 266 cm³/mol. The number of aryl methyl sites for hydroxylation is 2. The fourth-order valence-electron chi connectivity index (χ4n) is 8.50. The van der Waals surface area contributed by atoms with E-state index in [0.29, 0.717) is 11.1 Å². The van der Waals surface area contributed by atoms with E-state index < -0.39 is 0 Å². The van der Waals surface area contributed by atoms with Gasteiger partial charge in [-0.3, -0.25) is 9.59 Å². The lowest BCUT2D eigenvalue weighted by molar-refractivity contribution is -0.659. The van der Waals surface area contributed by atoms with Gasteiger partial charge in [-0.15, -0.1) is 0 Å². The van der Waals surface area contributed by atoms with Crippen molar-refractivity contribution in [3.05, 3.63) is 192 Å². The van der Waals surface area contributed by atoms with Crippen LogP contribution in [0.3, 0.4) is 0 Å². The number of aromatic amines is 1. The maximum absolute atomic E-state index is 11.9. The average Bonchev–Trinajstić information content (AvgIpc) is 4.18. The molecule has 15 heteroatoms. The molecule has 6 aromatic carbocycles. The highest BCUT2D eigenvalue weighted by atomic mass is 79.9. The molecule has 5 heterocycles. The highest BCUT2D eigenvalue weighted by molar-refractivity contribution is 9.10. The summed E-state index contributed by atoms with van der Waals surface area (Å²) in [6.07, 6.45) is 10.4. The molecule has 5 N–H and O–H groups in total. The van der Waals surface area contributed by atoms with E-state index in [1.165, 1.54) is 6.21 Å². The van der Waals surface area contributed by atoms with Gasteiger partial charge in [-0.05, 0) is 107 Å². The largest absolute Gasteiger partial charge is 0.508 e. The zero-order chi connectivity index (χ0) is 47.5. The van der Waals surface area contributed by atoms with Crippen molar-refractivity contribution in [2.75, 3.05) is 0 Å². The normalized spacial score (nSPS) is 11.2. The number of fused-ring (bicyclic) bond motifs is 3. The maximum Gasteiger partial charge on any atom is 0.241 e. The van der Waals surface area contributed by atoms with Gasteiger partial charge in [0.1, 0.15) is 33.7 Å². The van der Waals surface area contributed by atoms with Crippen molar-refractivity contribution in [2.45, 2.75) is 0 Å². The molecule has 336 valence electrons. The fraction of sp³-hybridized carbons (Fsp3) is 0.0377. The summed E-state index contributed by atoms with van der Waals surface area (Å²) < 4.78 is 10.6. The number of benzene rings is 6. The van der Waals surface area contributed by atoms with Gasteiger partial charge in [-0.2, -0.15) is 0 Å². The van der Waals surface area contributed by atoms with Crippen LogP contribution < -0.4 is 4.57 Å². The van der Waals surface area contributed by atoms with Crippen LogP contribution in [0.15, 0.2) is 180 Å². The minimum absolute atomic E-state index is 0.208. The Bertz CT molecular complexity index is 3640. The van der Waals surface area contributed by atoms with Gasteiger partial charge in [0.15, 0.2) is 18.3 Å². The quantitative estimate of drug-likeness (QED) is 0.0330. The number of nitrogens with zero attached hydrogens (tertiary/aromatic N) is 7. The summed E-state index contributed by atoms with van der Waals surface area (Å²) in [7, 11) is 3.85. The summed E-state index contributed by atoms with van der Waals surface area (Å²) >= 11 is 3.48. The Hall–Kier alpha value is -8.95. The van der Waals surface area contributed by atoms with Crippen molar-refractivity contribution >= 4 is 67.4 Å². The van der Waals surface area contributed by atoms with Crippen LogP contribution in [0.25, 0.3) is 72.5 Å². The molecule has 0 atom stereocenters. The molecular formula is C53H42BrN8O6+. The predicted octanol–water partition coefficient (Wildman–Crippen LogP) is 10.4. The number of imidazole rings is 2. The molecule has 0 spiro atoms. The van der Waals surface area contributed by atoms with Crippen molar-refractivity contribution in [1.29, 1.82) is 0 Å². The van der Waals surface area contributed by atoms with E-state index in [9.17, 15) is 30.1 Å². The zero-order valence-electron chi connectivity index (χ0n) is 36.5. The third kappa shape index (κ3) is 8.07. The Balaban J connectivity index is 0.000000129. The van der Waals surface area contributed by atoms with Gasteiger partial charge < -0.3 is 38.8 Å². The molecule has 0 bridgehead atoms. The van der Waals surface area contributed by atoms with Crippen LogP contribution in [-0.2, 0) is 14.1 Å². The number of aromatic nitrogens is 7. The van der Waals surface area contributed by atoms with E-state index >= 15 is 0 Å². The van der Waals surface area contributed by atoms with E-state index in [4.69, 9.17) is 0 Å². The van der Waals surface area contributed by atoms with Gasteiger partial charge in [0.05, 0.1) is 64.9 Å². The van der Waals surface area contributed by atoms with E-state index in [2.05, 4.69) is 35.6 Å². The smallest absolute Gasteiger partial charge is 0.241 e. The first-order valence-corrected chi connectivity index (χ1v) is 21.9. The number of hydrogen-bond donors (Lipinski definition) is 5. The van der Waals surface area contributed by atoms with Crippen LogP contribution in [0, 0.1) is 0 Å². The Labute approximate surface area is 396 Å². The number of phenolic OH excluding ortho intramolecular Hbond substituents is 3. The van der Waals surface area contributed by atoms with Crippen LogP contribution in [0.1, 0.15) is 26.3 Å². The molecular weight excluding hydrogens is 925 g/mol. The third-order valence-corrected chi connectivity index (χ3v) is 12.4. The van der Waals surface area contributed by atoms with Crippen molar-refractivity contribution in [2.24, 2.45) is 19.3 Å². The Morgan fingerprint density at radius 3 is 1.49 bits per heavy atom. The lowest BCUT2D eigenvalue weighted by atomic mass is 10.1. The van der Waals surface area contributed by atoms with Crippen molar-refractivity contribution in [1.82, 2.24) is 28.2 Å². The van der Waals surface area contributed by atoms with E-state index in [-0.39, 0.29) is 17.2 Å². The van der Waals surface area contributed by atoms with E-state index in [0.717, 1.165) is 95.3 Å². The average molecular weight is 967 g/mol. The molecule has 0 radical (unpaired) electrons. The number of rotatable bonds is 8. The van der Waals surface area contributed by atoms with Gasteiger partial charge in [-0.25, -0.2) is 14.5 Å². The molecule has 11 aromatic rings. The molecule has 68 heavy (non-hydrogen) atoms. The first-order valence-electron chi connectivity index (χ1n) is 21.1. The minimum Gasteiger partial charge on any atom is -0.508 e. The zero-order valence-corrected chi connectivity index (χ0v) is 38.1. The topological polar surface area (TPSA) is 180 Å². The number of carbonyl (C=O) groups excluding carboxylic acids is 2. The summed E-state index contributed by atoms with van der Waals surface area (Å²) in [6, 6.07) is 44.3. The number of carbonyl (C=O) groups is 2. The maximum atomic E-state index is 11.9. The standard InChI is InChI=1S/C19H16N4O2.C19H15N3O2.C15H10BrNO2/c1-22-12-20-11-18(22)19-16(10-21-25)15-4-2-3-5-17(15)23(19)13-6-8-14(24)9-7-13;1-21-12-20-10-18(21)19-16(11-23)15-4-2-3-5-17(15)22(19)13-6-8-14(24)9-7-13;16-15-13(9-18)12-3-1-2-4-14(12)17(15)10-5-7-11(19)8-6-10/h2-12,24-25H,1H3;2-12,24H,1H3;1-9,19H/p+1. The van der Waals surface area contributed by atoms with Crippen molar-refractivity contribution in [3.8, 4) is 57.1 Å². The van der Waals surface area contributed by atoms with Crippen LogP contribution >= 0.6 is 15.9 Å². The number of nitrogens with one attached hydrogen (secondary N) is 1. The fourth-order valence-corrected chi connectivity index (χ4v) is 9.21. The lowest BCUT2D eigenvalue weighted by Crippen LogP contribution is -2.28. The number of aldehydes is 2. The summed E-state index contributed by atoms with van der Waals surface area (Å²) in [5.41, 5.74) is 11.1. The first kappa shape index (κ1) is 44.3. The number of hydrogen-bond acceptors (Lipinski definition) is 8. The second kappa shape index (κ2) is 18.9. The summed E-state index contributed by atoms with van der Waals surface area (Å²) in [5, 5.41) is 43.8. The molecule has 0 amide bonds. The summed E-state index contributed by atoms with van der Waals surface area (Å²) in [4.78, 5) is 30.4. The lowest BCUT2D eigenvalue weighted by Gasteiger charge is -2.12. The number of phenols is 3. The molecule has 5 aromatic heterocycles. The van der Waals surface area contributed by atoms with Gasteiger partial charge in [0.2, 0.25) is 6.33 Å². The third-order valence-electron chi connectivity index (χ3n) is 11.6. The number of aromatic hydroxyl groups is 3. The van der Waals surface area contributed by atoms with Gasteiger partial charge in [-0.1, -0.05) is 59.8 Å². The summed E-state index contributed by atoms with van der Waals surface area (Å²) in [6.45, 7) is 0. The highest BCUT2D eigenvalue weighted by Gasteiger charge is 2.25. The number of oxime groups is 1. The molecule has 0 saturated carbocycles. The molecule has 14 nitrogen and oxygen atoms in total. The van der Waals surface area contributed by atoms with E-state index in [1.807, 2.05) is 142 Å². The Kier molecular flexibility index (Phi) is 12.3. The minimum atomic E-state index is 0.208. The first-order chi connectivity index (χ1) is 33.1. The van der Waals surface area contributed by atoms with Crippen LogP contribution in [-0.4, -0.2) is 67.6 Å². The molecule has 0 aliphatic rings. The molecule has 0 fully saturated rings. The van der Waals surface area contributed by atoms with Crippen LogP contribution in [0.4, 0.5) is 0 Å². The van der Waals surface area contributed by atoms with Crippen LogP contribution in [0.5, 0.6) is 17.2 Å². The molecule has 0 aliphatic heterocycles. The van der Waals surface area contributed by atoms with Crippen molar-refractivity contribution < 1.29 is 34.7 Å². The highest BCUT2D eigenvalue weighted by Crippen LogP contribution is 2.37.